The Morgan fingerprint density at radius 3 is 2.38 bits per heavy atom. The van der Waals surface area contributed by atoms with Crippen molar-refractivity contribution < 1.29 is 0 Å². The Labute approximate surface area is 190 Å². The smallest absolute Gasteiger partial charge is 0.190 e. The van der Waals surface area contributed by atoms with Crippen molar-refractivity contribution in [1.82, 2.24) is 20.2 Å². The summed E-state index contributed by atoms with van der Waals surface area (Å²) in [6.45, 7) is 5.69. The lowest BCUT2D eigenvalue weighted by Crippen LogP contribution is -2.38. The highest BCUT2D eigenvalue weighted by molar-refractivity contribution is 14.0. The number of rotatable bonds is 9. The van der Waals surface area contributed by atoms with Gasteiger partial charge in [-0.2, -0.15) is 0 Å². The number of fused-ring (bicyclic) bond motifs is 1. The lowest BCUT2D eigenvalue weighted by atomic mass is 10.3. The number of anilines is 1. The van der Waals surface area contributed by atoms with Crippen LogP contribution in [0.25, 0.3) is 11.0 Å². The summed E-state index contributed by atoms with van der Waals surface area (Å²) in [5.74, 6) is 1.92. The molecule has 0 unspecified atom stereocenters. The fraction of sp³-hybridized carbons (Fsp3) is 0.364. The molecular formula is C22H31IN6. The highest BCUT2D eigenvalue weighted by Crippen LogP contribution is 2.15. The van der Waals surface area contributed by atoms with E-state index in [1.807, 2.05) is 31.3 Å². The summed E-state index contributed by atoms with van der Waals surface area (Å²) in [6.07, 6.45) is 2.03. The largest absolute Gasteiger partial charge is 0.385 e. The van der Waals surface area contributed by atoms with E-state index in [9.17, 15) is 0 Å². The zero-order valence-corrected chi connectivity index (χ0v) is 19.5. The molecule has 2 aromatic carbocycles. The van der Waals surface area contributed by atoms with Gasteiger partial charge in [0.2, 0.25) is 0 Å². The Kier molecular flexibility index (Phi) is 9.76. The number of hydrogen-bond acceptors (Lipinski definition) is 3. The zero-order valence-electron chi connectivity index (χ0n) is 17.2. The summed E-state index contributed by atoms with van der Waals surface area (Å²) in [7, 11) is 1.81. The molecule has 0 saturated heterocycles. The minimum absolute atomic E-state index is 0. The van der Waals surface area contributed by atoms with Gasteiger partial charge in [-0.25, -0.2) is 4.98 Å². The average molecular weight is 506 g/mol. The predicted molar refractivity (Wildman–Crippen MR) is 133 cm³/mol. The normalized spacial score (nSPS) is 11.2. The molecule has 0 aliphatic rings. The van der Waals surface area contributed by atoms with Gasteiger partial charge in [0.1, 0.15) is 5.82 Å². The fourth-order valence-corrected chi connectivity index (χ4v) is 3.23. The summed E-state index contributed by atoms with van der Waals surface area (Å²) in [5, 5.41) is 10.2. The van der Waals surface area contributed by atoms with Gasteiger partial charge in [-0.15, -0.1) is 24.0 Å². The molecule has 3 rings (SSSR count). The van der Waals surface area contributed by atoms with Gasteiger partial charge in [0.25, 0.3) is 0 Å². The van der Waals surface area contributed by atoms with Gasteiger partial charge in [0, 0.05) is 38.9 Å². The second-order valence-electron chi connectivity index (χ2n) is 6.73. The zero-order chi connectivity index (χ0) is 19.6. The first-order valence-corrected chi connectivity index (χ1v) is 9.93. The monoisotopic (exact) mass is 506 g/mol. The lowest BCUT2D eigenvalue weighted by molar-refractivity contribution is 0.623. The Hall–Kier alpha value is -2.29. The summed E-state index contributed by atoms with van der Waals surface area (Å²) < 4.78 is 2.28. The first kappa shape index (κ1) is 23.0. The maximum atomic E-state index is 4.62. The number of aryl methyl sites for hydroxylation is 2. The Morgan fingerprint density at radius 1 is 0.931 bits per heavy atom. The predicted octanol–water partition coefficient (Wildman–Crippen LogP) is 4.02. The summed E-state index contributed by atoms with van der Waals surface area (Å²) in [5.41, 5.74) is 3.43. The van der Waals surface area contributed by atoms with Crippen LogP contribution < -0.4 is 16.0 Å². The SMILES string of the molecule is CN=C(NCCCNc1ccccc1)NCCCn1c(C)nc2ccccc21.I. The molecule has 0 amide bonds. The van der Waals surface area contributed by atoms with E-state index in [4.69, 9.17) is 0 Å². The van der Waals surface area contributed by atoms with Crippen molar-refractivity contribution in [2.45, 2.75) is 26.3 Å². The third-order valence-electron chi connectivity index (χ3n) is 4.67. The van der Waals surface area contributed by atoms with Crippen LogP contribution in [0.2, 0.25) is 0 Å². The fourth-order valence-electron chi connectivity index (χ4n) is 3.23. The molecule has 29 heavy (non-hydrogen) atoms. The second-order valence-corrected chi connectivity index (χ2v) is 6.73. The number of benzene rings is 2. The molecule has 1 aromatic heterocycles. The molecule has 0 spiro atoms. The lowest BCUT2D eigenvalue weighted by Gasteiger charge is -2.13. The van der Waals surface area contributed by atoms with E-state index < -0.39 is 0 Å². The van der Waals surface area contributed by atoms with Gasteiger partial charge in [-0.1, -0.05) is 30.3 Å². The van der Waals surface area contributed by atoms with E-state index in [1.54, 1.807) is 0 Å². The first-order valence-electron chi connectivity index (χ1n) is 9.93. The minimum atomic E-state index is 0. The molecule has 156 valence electrons. The van der Waals surface area contributed by atoms with E-state index >= 15 is 0 Å². The second kappa shape index (κ2) is 12.3. The van der Waals surface area contributed by atoms with Crippen LogP contribution in [-0.4, -0.2) is 42.2 Å². The number of aromatic nitrogens is 2. The number of nitrogens with one attached hydrogen (secondary N) is 3. The van der Waals surface area contributed by atoms with Crippen molar-refractivity contribution in [3.8, 4) is 0 Å². The van der Waals surface area contributed by atoms with Crippen molar-refractivity contribution in [3.63, 3.8) is 0 Å². The van der Waals surface area contributed by atoms with Crippen LogP contribution in [0.3, 0.4) is 0 Å². The maximum Gasteiger partial charge on any atom is 0.190 e. The van der Waals surface area contributed by atoms with Crippen molar-refractivity contribution in [1.29, 1.82) is 0 Å². The van der Waals surface area contributed by atoms with Crippen molar-refractivity contribution in [2.24, 2.45) is 4.99 Å². The van der Waals surface area contributed by atoms with Crippen molar-refractivity contribution in [2.75, 3.05) is 32.0 Å². The van der Waals surface area contributed by atoms with Gasteiger partial charge in [-0.3, -0.25) is 4.99 Å². The highest BCUT2D eigenvalue weighted by Gasteiger charge is 2.06. The number of imidazole rings is 1. The van der Waals surface area contributed by atoms with Gasteiger partial charge in [-0.05, 0) is 44.0 Å². The topological polar surface area (TPSA) is 66.3 Å². The molecule has 0 fully saturated rings. The number of guanidine groups is 1. The van der Waals surface area contributed by atoms with Crippen LogP contribution in [-0.2, 0) is 6.54 Å². The van der Waals surface area contributed by atoms with E-state index in [2.05, 4.69) is 67.7 Å². The average Bonchev–Trinajstić information content (AvgIpc) is 3.05. The number of nitrogens with zero attached hydrogens (tertiary/aromatic N) is 3. The molecule has 0 aliphatic carbocycles. The quantitative estimate of drug-likeness (QED) is 0.178. The van der Waals surface area contributed by atoms with Crippen LogP contribution in [0.5, 0.6) is 0 Å². The molecule has 7 heteroatoms. The standard InChI is InChI=1S/C22H30N6.HI/c1-18-27-20-12-6-7-13-21(20)28(18)17-9-16-26-22(23-2)25-15-8-14-24-19-10-4-3-5-11-19;/h3-7,10-13,24H,8-9,14-17H2,1-2H3,(H2,23,25,26);1H. The molecule has 0 saturated carbocycles. The Balaban J connectivity index is 0.00000300. The highest BCUT2D eigenvalue weighted by atomic mass is 127. The Bertz CT molecular complexity index is 891. The molecular weight excluding hydrogens is 475 g/mol. The van der Waals surface area contributed by atoms with Crippen LogP contribution >= 0.6 is 24.0 Å². The molecule has 0 aliphatic heterocycles. The van der Waals surface area contributed by atoms with Crippen LogP contribution in [0.4, 0.5) is 5.69 Å². The van der Waals surface area contributed by atoms with E-state index in [-0.39, 0.29) is 24.0 Å². The third kappa shape index (κ3) is 6.92. The molecule has 0 radical (unpaired) electrons. The van der Waals surface area contributed by atoms with Gasteiger partial charge >= 0.3 is 0 Å². The third-order valence-corrected chi connectivity index (χ3v) is 4.67. The first-order chi connectivity index (χ1) is 13.8. The minimum Gasteiger partial charge on any atom is -0.385 e. The molecule has 0 bridgehead atoms. The van der Waals surface area contributed by atoms with Crippen molar-refractivity contribution >= 4 is 46.7 Å². The number of para-hydroxylation sites is 3. The van der Waals surface area contributed by atoms with Crippen LogP contribution in [0, 0.1) is 6.92 Å². The van der Waals surface area contributed by atoms with Gasteiger partial charge in [0.15, 0.2) is 5.96 Å². The van der Waals surface area contributed by atoms with Crippen LogP contribution in [0.1, 0.15) is 18.7 Å². The number of hydrogen-bond donors (Lipinski definition) is 3. The molecule has 3 aromatic rings. The van der Waals surface area contributed by atoms with E-state index in [0.717, 1.165) is 62.0 Å². The van der Waals surface area contributed by atoms with Crippen molar-refractivity contribution in [3.05, 3.63) is 60.4 Å². The number of aliphatic imine (C=N–C) groups is 1. The van der Waals surface area contributed by atoms with Crippen LogP contribution in [0.15, 0.2) is 59.6 Å². The Morgan fingerprint density at radius 2 is 1.62 bits per heavy atom. The summed E-state index contributed by atoms with van der Waals surface area (Å²) in [6, 6.07) is 18.6. The summed E-state index contributed by atoms with van der Waals surface area (Å²) in [4.78, 5) is 8.92. The number of halogens is 1. The molecule has 6 nitrogen and oxygen atoms in total. The van der Waals surface area contributed by atoms with Gasteiger partial charge < -0.3 is 20.5 Å². The van der Waals surface area contributed by atoms with E-state index in [1.165, 1.54) is 5.52 Å². The summed E-state index contributed by atoms with van der Waals surface area (Å²) >= 11 is 0. The molecule has 3 N–H and O–H groups in total. The van der Waals surface area contributed by atoms with E-state index in [0.29, 0.717) is 0 Å². The molecule has 1 heterocycles. The van der Waals surface area contributed by atoms with Gasteiger partial charge in [0.05, 0.1) is 11.0 Å². The molecule has 0 atom stereocenters. The maximum absolute atomic E-state index is 4.62.